The number of nitrogens with one attached hydrogen (secondary N) is 1. The fourth-order valence-corrected chi connectivity index (χ4v) is 2.12. The van der Waals surface area contributed by atoms with Gasteiger partial charge in [-0.2, -0.15) is 5.26 Å². The molecule has 0 aliphatic rings. The normalized spacial score (nSPS) is 9.72. The maximum atomic E-state index is 12.0. The van der Waals surface area contributed by atoms with E-state index in [1.807, 2.05) is 6.07 Å². The largest absolute Gasteiger partial charge is 0.505 e. The summed E-state index contributed by atoms with van der Waals surface area (Å²) in [5, 5.41) is 21.1. The van der Waals surface area contributed by atoms with E-state index in [9.17, 15) is 14.7 Å². The van der Waals surface area contributed by atoms with Crippen molar-refractivity contribution in [3.05, 3.63) is 53.3 Å². The number of aromatic hydroxyl groups is 1. The molecule has 0 aliphatic heterocycles. The van der Waals surface area contributed by atoms with Crippen LogP contribution in [0.2, 0.25) is 0 Å². The zero-order valence-electron chi connectivity index (χ0n) is 15.9. The lowest BCUT2D eigenvalue weighted by Crippen LogP contribution is -2.32. The number of rotatable bonds is 6. The monoisotopic (exact) mass is 393 g/mol. The molecule has 0 atom stereocenters. The number of nitriles is 1. The van der Waals surface area contributed by atoms with Gasteiger partial charge in [-0.3, -0.25) is 9.59 Å². The molecule has 2 rings (SSSR count). The molecular formula is C21H19N3O5. The molecule has 0 aliphatic carbocycles. The third-order valence-corrected chi connectivity index (χ3v) is 3.37. The van der Waals surface area contributed by atoms with Crippen molar-refractivity contribution in [2.24, 2.45) is 0 Å². The van der Waals surface area contributed by atoms with E-state index >= 15 is 0 Å². The van der Waals surface area contributed by atoms with Gasteiger partial charge >= 0.3 is 5.97 Å². The van der Waals surface area contributed by atoms with E-state index in [-0.39, 0.29) is 30.7 Å². The van der Waals surface area contributed by atoms with E-state index in [1.54, 1.807) is 38.1 Å². The van der Waals surface area contributed by atoms with E-state index < -0.39 is 11.9 Å². The van der Waals surface area contributed by atoms with Gasteiger partial charge in [-0.05, 0) is 44.2 Å². The van der Waals surface area contributed by atoms with Crippen LogP contribution in [0.5, 0.6) is 11.5 Å². The summed E-state index contributed by atoms with van der Waals surface area (Å²) in [6.07, 6.45) is 1.04. The van der Waals surface area contributed by atoms with Crippen LogP contribution in [-0.4, -0.2) is 41.2 Å². The first kappa shape index (κ1) is 21.3. The summed E-state index contributed by atoms with van der Waals surface area (Å²) in [4.78, 5) is 27.3. The Kier molecular flexibility index (Phi) is 7.58. The Hall–Kier alpha value is -4.04. The van der Waals surface area contributed by atoms with Crippen LogP contribution >= 0.6 is 0 Å². The third-order valence-electron chi connectivity index (χ3n) is 3.37. The Bertz CT molecular complexity index is 982. The second-order valence-electron chi connectivity index (χ2n) is 6.04. The second-order valence-corrected chi connectivity index (χ2v) is 6.04. The van der Waals surface area contributed by atoms with Gasteiger partial charge in [0.1, 0.15) is 24.7 Å². The molecule has 1 aromatic carbocycles. The molecule has 0 fully saturated rings. The minimum Gasteiger partial charge on any atom is -0.505 e. The van der Waals surface area contributed by atoms with Crippen LogP contribution in [0, 0.1) is 23.2 Å². The summed E-state index contributed by atoms with van der Waals surface area (Å²) in [6, 6.07) is 9.91. The molecule has 8 heteroatoms. The molecular weight excluding hydrogens is 374 g/mol. The maximum absolute atomic E-state index is 12.0. The Morgan fingerprint density at radius 3 is 2.59 bits per heavy atom. The van der Waals surface area contributed by atoms with Gasteiger partial charge in [0.15, 0.2) is 5.69 Å². The number of carbonyl (C=O) groups is 2. The number of benzene rings is 1. The van der Waals surface area contributed by atoms with Crippen molar-refractivity contribution in [1.82, 2.24) is 10.3 Å². The maximum Gasteiger partial charge on any atom is 0.325 e. The van der Waals surface area contributed by atoms with Gasteiger partial charge in [0.25, 0.3) is 5.91 Å². The number of nitrogens with zero attached hydrogens (tertiary/aromatic N) is 2. The Balaban J connectivity index is 1.90. The third kappa shape index (κ3) is 6.89. The predicted octanol–water partition coefficient (Wildman–Crippen LogP) is 1.77. The van der Waals surface area contributed by atoms with Gasteiger partial charge in [0.2, 0.25) is 0 Å². The first-order valence-electron chi connectivity index (χ1n) is 8.67. The Morgan fingerprint density at radius 1 is 1.24 bits per heavy atom. The molecule has 8 nitrogen and oxygen atoms in total. The van der Waals surface area contributed by atoms with Crippen LogP contribution < -0.4 is 10.1 Å². The van der Waals surface area contributed by atoms with E-state index in [0.29, 0.717) is 16.9 Å². The molecule has 2 aromatic rings. The highest BCUT2D eigenvalue weighted by molar-refractivity contribution is 5.96. The summed E-state index contributed by atoms with van der Waals surface area (Å²) in [7, 11) is 0. The first-order valence-corrected chi connectivity index (χ1v) is 8.67. The lowest BCUT2D eigenvalue weighted by molar-refractivity contribution is -0.146. The standard InChI is InChI=1S/C21H19N3O5/c1-14(2)29-19(26)13-24-21(27)20-18(25)10-16(12-23-20)4-3-9-28-17-7-5-15(11-22)6-8-17/h5-8,10,12,14,25H,9,13H2,1-2H3,(H,24,27). The van der Waals surface area contributed by atoms with E-state index in [2.05, 4.69) is 22.1 Å². The van der Waals surface area contributed by atoms with Crippen LogP contribution in [-0.2, 0) is 9.53 Å². The smallest absolute Gasteiger partial charge is 0.325 e. The van der Waals surface area contributed by atoms with Crippen LogP contribution in [0.25, 0.3) is 0 Å². The molecule has 0 spiro atoms. The number of esters is 1. The molecule has 1 amide bonds. The average Bonchev–Trinajstić information content (AvgIpc) is 2.69. The van der Waals surface area contributed by atoms with Crippen LogP contribution in [0.4, 0.5) is 0 Å². The van der Waals surface area contributed by atoms with Gasteiger partial charge < -0.3 is 19.9 Å². The molecule has 1 heterocycles. The van der Waals surface area contributed by atoms with Crippen LogP contribution in [0.3, 0.4) is 0 Å². The number of pyridine rings is 1. The molecule has 29 heavy (non-hydrogen) atoms. The van der Waals surface area contributed by atoms with Crippen molar-refractivity contribution < 1.29 is 24.2 Å². The Labute approximate surface area is 168 Å². The highest BCUT2D eigenvalue weighted by Crippen LogP contribution is 2.15. The number of amides is 1. The molecule has 0 saturated heterocycles. The number of carbonyl (C=O) groups excluding carboxylic acids is 2. The SMILES string of the molecule is CC(C)OC(=O)CNC(=O)c1ncc(C#CCOc2ccc(C#N)cc2)cc1O. The molecule has 2 N–H and O–H groups in total. The van der Waals surface area contributed by atoms with E-state index in [1.165, 1.54) is 12.3 Å². The summed E-state index contributed by atoms with van der Waals surface area (Å²) < 4.78 is 10.3. The molecule has 0 radical (unpaired) electrons. The summed E-state index contributed by atoms with van der Waals surface area (Å²) in [5.74, 6) is 4.45. The summed E-state index contributed by atoms with van der Waals surface area (Å²) in [5.41, 5.74) is 0.703. The number of hydrogen-bond acceptors (Lipinski definition) is 7. The topological polar surface area (TPSA) is 122 Å². The zero-order valence-corrected chi connectivity index (χ0v) is 15.9. The van der Waals surface area contributed by atoms with E-state index in [4.69, 9.17) is 14.7 Å². The molecule has 0 unspecified atom stereocenters. The number of hydrogen-bond donors (Lipinski definition) is 2. The van der Waals surface area contributed by atoms with Crippen LogP contribution in [0.15, 0.2) is 36.5 Å². The van der Waals surface area contributed by atoms with Gasteiger partial charge in [-0.25, -0.2) is 4.98 Å². The molecule has 0 saturated carbocycles. The van der Waals surface area contributed by atoms with Crippen molar-refractivity contribution >= 4 is 11.9 Å². The summed E-state index contributed by atoms with van der Waals surface area (Å²) >= 11 is 0. The van der Waals surface area contributed by atoms with Gasteiger partial charge in [0.05, 0.1) is 17.7 Å². The number of ether oxygens (including phenoxy) is 2. The van der Waals surface area contributed by atoms with Gasteiger partial charge in [0, 0.05) is 11.8 Å². The highest BCUT2D eigenvalue weighted by Gasteiger charge is 2.15. The van der Waals surface area contributed by atoms with Crippen molar-refractivity contribution in [1.29, 1.82) is 5.26 Å². The quantitative estimate of drug-likeness (QED) is 0.566. The minimum atomic E-state index is -0.702. The number of aromatic nitrogens is 1. The zero-order chi connectivity index (χ0) is 21.2. The van der Waals surface area contributed by atoms with Gasteiger partial charge in [-0.15, -0.1) is 0 Å². The fourth-order valence-electron chi connectivity index (χ4n) is 2.12. The molecule has 0 bridgehead atoms. The average molecular weight is 393 g/mol. The van der Waals surface area contributed by atoms with Gasteiger partial charge in [-0.1, -0.05) is 11.8 Å². The fraction of sp³-hybridized carbons (Fsp3) is 0.238. The Morgan fingerprint density at radius 2 is 1.97 bits per heavy atom. The van der Waals surface area contributed by atoms with Crippen molar-refractivity contribution in [2.45, 2.75) is 20.0 Å². The lowest BCUT2D eigenvalue weighted by Gasteiger charge is -2.09. The van der Waals surface area contributed by atoms with Crippen molar-refractivity contribution in [3.63, 3.8) is 0 Å². The van der Waals surface area contributed by atoms with E-state index in [0.717, 1.165) is 0 Å². The predicted molar refractivity (Wildman–Crippen MR) is 103 cm³/mol. The molecule has 1 aromatic heterocycles. The summed E-state index contributed by atoms with van der Waals surface area (Å²) in [6.45, 7) is 3.16. The van der Waals surface area contributed by atoms with Crippen molar-refractivity contribution in [2.75, 3.05) is 13.2 Å². The lowest BCUT2D eigenvalue weighted by atomic mass is 10.2. The van der Waals surface area contributed by atoms with Crippen LogP contribution in [0.1, 0.15) is 35.5 Å². The second kappa shape index (κ2) is 10.3. The minimum absolute atomic E-state index is 0.0901. The highest BCUT2D eigenvalue weighted by atomic mass is 16.5. The molecule has 148 valence electrons. The first-order chi connectivity index (χ1) is 13.9. The van der Waals surface area contributed by atoms with Crippen molar-refractivity contribution in [3.8, 4) is 29.4 Å².